The molecule has 2 atom stereocenters. The maximum atomic E-state index is 11.5. The van der Waals surface area contributed by atoms with Crippen molar-refractivity contribution in [3.05, 3.63) is 0 Å². The van der Waals surface area contributed by atoms with Gasteiger partial charge in [-0.25, -0.2) is 0 Å². The fraction of sp³-hybridized carbons (Fsp3) is 0.789. The topological polar surface area (TPSA) is 179 Å². The molecule has 0 aromatic rings. The van der Waals surface area contributed by atoms with Crippen molar-refractivity contribution in [3.8, 4) is 0 Å². The molecular formula is C19H32N4O5. The van der Waals surface area contributed by atoms with Gasteiger partial charge in [-0.15, -0.1) is 0 Å². The summed E-state index contributed by atoms with van der Waals surface area (Å²) in [5, 5.41) is 10.7. The molecule has 4 aliphatic rings. The molecule has 0 aliphatic heterocycles. The summed E-state index contributed by atoms with van der Waals surface area (Å²) >= 11 is 0. The number of carbonyl (C=O) groups excluding carboxylic acids is 3. The molecule has 3 amide bonds. The summed E-state index contributed by atoms with van der Waals surface area (Å²) in [6, 6.07) is -1.75. The Morgan fingerprint density at radius 1 is 1.04 bits per heavy atom. The lowest BCUT2D eigenvalue weighted by molar-refractivity contribution is -0.142. The molecule has 158 valence electrons. The van der Waals surface area contributed by atoms with Crippen LogP contribution in [-0.4, -0.2) is 40.9 Å². The molecule has 4 bridgehead atoms. The van der Waals surface area contributed by atoms with Crippen LogP contribution in [0.3, 0.4) is 0 Å². The molecule has 0 aromatic heterocycles. The Kier molecular flexibility index (Phi) is 7.03. The van der Waals surface area contributed by atoms with E-state index >= 15 is 0 Å². The average molecular weight is 396 g/mol. The molecule has 0 saturated heterocycles. The molecule has 4 aliphatic carbocycles. The van der Waals surface area contributed by atoms with Crippen LogP contribution in [0.15, 0.2) is 0 Å². The molecule has 0 radical (unpaired) electrons. The standard InChI is InChI=1S/C11H17NO.C8H15N3O4/c12-10(13)11-4-7-1-8(5-11)3-9(2-7)6-11;1-4(9)8(15)11-5(7(10)14)2-3-6(12)13/h7-9H,1-6H2,(H2,12,13);4-5H,2-3,9H2,1H3,(H2,10,14)(H,11,15)(H,12,13)/t;4-,5-/m.0/s1. The van der Waals surface area contributed by atoms with E-state index in [4.69, 9.17) is 22.3 Å². The van der Waals surface area contributed by atoms with Crippen molar-refractivity contribution in [3.63, 3.8) is 0 Å². The highest BCUT2D eigenvalue weighted by atomic mass is 16.4. The largest absolute Gasteiger partial charge is 0.481 e. The van der Waals surface area contributed by atoms with Crippen molar-refractivity contribution in [2.75, 3.05) is 0 Å². The minimum atomic E-state index is -1.06. The first-order valence-electron chi connectivity index (χ1n) is 9.89. The third kappa shape index (κ3) is 5.43. The summed E-state index contributed by atoms with van der Waals surface area (Å²) in [6.45, 7) is 1.45. The quantitative estimate of drug-likeness (QED) is 0.399. The SMILES string of the molecule is C[C@H](N)C(=O)N[C@@H](CCC(=O)O)C(N)=O.NC(=O)C12CC3CC(CC(C3)C1)C2. The van der Waals surface area contributed by atoms with Gasteiger partial charge in [0.25, 0.3) is 0 Å². The van der Waals surface area contributed by atoms with E-state index in [1.807, 2.05) is 0 Å². The Morgan fingerprint density at radius 3 is 1.82 bits per heavy atom. The summed E-state index contributed by atoms with van der Waals surface area (Å²) in [4.78, 5) is 43.7. The first kappa shape index (κ1) is 22.1. The minimum absolute atomic E-state index is 0.00778. The van der Waals surface area contributed by atoms with Crippen LogP contribution in [0.1, 0.15) is 58.3 Å². The highest BCUT2D eigenvalue weighted by Crippen LogP contribution is 2.59. The molecule has 4 fully saturated rings. The van der Waals surface area contributed by atoms with Crippen molar-refractivity contribution >= 4 is 23.7 Å². The smallest absolute Gasteiger partial charge is 0.303 e. The molecule has 0 spiro atoms. The van der Waals surface area contributed by atoms with Gasteiger partial charge in [0.2, 0.25) is 17.7 Å². The van der Waals surface area contributed by atoms with Crippen LogP contribution in [0.2, 0.25) is 0 Å². The van der Waals surface area contributed by atoms with Crippen molar-refractivity contribution < 1.29 is 24.3 Å². The number of primary amides is 2. The maximum absolute atomic E-state index is 11.5. The van der Waals surface area contributed by atoms with Gasteiger partial charge in [-0.3, -0.25) is 19.2 Å². The average Bonchev–Trinajstić information content (AvgIpc) is 2.57. The third-order valence-electron chi connectivity index (χ3n) is 6.28. The second-order valence-corrected chi connectivity index (χ2v) is 8.75. The molecule has 8 N–H and O–H groups in total. The van der Waals surface area contributed by atoms with E-state index in [1.165, 1.54) is 26.2 Å². The molecule has 9 nitrogen and oxygen atoms in total. The molecule has 0 heterocycles. The number of hydrogen-bond acceptors (Lipinski definition) is 5. The zero-order valence-corrected chi connectivity index (χ0v) is 16.4. The van der Waals surface area contributed by atoms with Crippen molar-refractivity contribution in [2.45, 2.75) is 70.4 Å². The second kappa shape index (κ2) is 8.89. The van der Waals surface area contributed by atoms with Crippen LogP contribution < -0.4 is 22.5 Å². The highest BCUT2D eigenvalue weighted by molar-refractivity contribution is 5.89. The van der Waals surface area contributed by atoms with E-state index in [9.17, 15) is 19.2 Å². The molecular weight excluding hydrogens is 364 g/mol. The summed E-state index contributed by atoms with van der Waals surface area (Å²) in [5.74, 6) is 0.119. The molecule has 28 heavy (non-hydrogen) atoms. The molecule has 0 aromatic carbocycles. The van der Waals surface area contributed by atoms with Gasteiger partial charge in [0.15, 0.2) is 0 Å². The molecule has 4 saturated carbocycles. The Hall–Kier alpha value is -2.16. The Labute approximate surface area is 164 Å². The Balaban J connectivity index is 0.000000201. The van der Waals surface area contributed by atoms with Gasteiger partial charge in [-0.2, -0.15) is 0 Å². The number of carboxylic acids is 1. The van der Waals surface area contributed by atoms with Crippen LogP contribution in [0, 0.1) is 23.2 Å². The van der Waals surface area contributed by atoms with E-state index in [-0.39, 0.29) is 24.2 Å². The number of carbonyl (C=O) groups is 4. The number of aliphatic carboxylic acids is 1. The van der Waals surface area contributed by atoms with Crippen LogP contribution >= 0.6 is 0 Å². The number of carboxylic acid groups (broad SMARTS) is 1. The maximum Gasteiger partial charge on any atom is 0.303 e. The zero-order chi connectivity index (χ0) is 21.1. The van der Waals surface area contributed by atoms with Gasteiger partial charge in [0, 0.05) is 11.8 Å². The van der Waals surface area contributed by atoms with E-state index < -0.39 is 29.9 Å². The summed E-state index contributed by atoms with van der Waals surface area (Å²) in [6.07, 6.45) is 7.18. The fourth-order valence-electron chi connectivity index (χ4n) is 5.27. The predicted octanol–water partition coefficient (Wildman–Crippen LogP) is -0.143. The van der Waals surface area contributed by atoms with Crippen LogP contribution in [0.25, 0.3) is 0 Å². The first-order chi connectivity index (χ1) is 13.0. The van der Waals surface area contributed by atoms with Gasteiger partial charge in [-0.05, 0) is 69.6 Å². The van der Waals surface area contributed by atoms with Gasteiger partial charge in [0.1, 0.15) is 6.04 Å². The number of hydrogen-bond donors (Lipinski definition) is 5. The van der Waals surface area contributed by atoms with Crippen molar-refractivity contribution in [1.82, 2.24) is 5.32 Å². The lowest BCUT2D eigenvalue weighted by Gasteiger charge is -2.55. The highest BCUT2D eigenvalue weighted by Gasteiger charge is 2.53. The summed E-state index contributed by atoms with van der Waals surface area (Å²) < 4.78 is 0. The summed E-state index contributed by atoms with van der Waals surface area (Å²) in [5.41, 5.74) is 15.7. The van der Waals surface area contributed by atoms with Crippen molar-refractivity contribution in [2.24, 2.45) is 40.4 Å². The number of nitrogens with two attached hydrogens (primary N) is 3. The summed E-state index contributed by atoms with van der Waals surface area (Å²) in [7, 11) is 0. The Morgan fingerprint density at radius 2 is 1.50 bits per heavy atom. The predicted molar refractivity (Wildman–Crippen MR) is 101 cm³/mol. The lowest BCUT2D eigenvalue weighted by atomic mass is 9.49. The first-order valence-corrected chi connectivity index (χ1v) is 9.89. The molecule has 0 unspecified atom stereocenters. The Bertz CT molecular complexity index is 599. The van der Waals surface area contributed by atoms with E-state index in [1.54, 1.807) is 0 Å². The number of rotatable bonds is 7. The molecule has 4 rings (SSSR count). The van der Waals surface area contributed by atoms with Crippen molar-refractivity contribution in [1.29, 1.82) is 0 Å². The normalized spacial score (nSPS) is 31.9. The number of nitrogens with one attached hydrogen (secondary N) is 1. The monoisotopic (exact) mass is 396 g/mol. The minimum Gasteiger partial charge on any atom is -0.481 e. The van der Waals surface area contributed by atoms with Crippen LogP contribution in [-0.2, 0) is 19.2 Å². The van der Waals surface area contributed by atoms with Gasteiger partial charge < -0.3 is 27.6 Å². The van der Waals surface area contributed by atoms with Gasteiger partial charge in [-0.1, -0.05) is 0 Å². The van der Waals surface area contributed by atoms with E-state index in [0.717, 1.165) is 37.0 Å². The fourth-order valence-corrected chi connectivity index (χ4v) is 5.27. The third-order valence-corrected chi connectivity index (χ3v) is 6.28. The van der Waals surface area contributed by atoms with E-state index in [2.05, 4.69) is 5.32 Å². The van der Waals surface area contributed by atoms with Crippen LogP contribution in [0.4, 0.5) is 0 Å². The van der Waals surface area contributed by atoms with E-state index in [0.29, 0.717) is 0 Å². The lowest BCUT2D eigenvalue weighted by Crippen LogP contribution is -2.52. The molecule has 9 heteroatoms. The van der Waals surface area contributed by atoms with Gasteiger partial charge >= 0.3 is 5.97 Å². The number of amides is 3. The second-order valence-electron chi connectivity index (χ2n) is 8.75. The van der Waals surface area contributed by atoms with Gasteiger partial charge in [0.05, 0.1) is 6.04 Å². The van der Waals surface area contributed by atoms with Crippen LogP contribution in [0.5, 0.6) is 0 Å². The zero-order valence-electron chi connectivity index (χ0n) is 16.4.